The number of rotatable bonds is 2. The van der Waals surface area contributed by atoms with E-state index < -0.39 is 0 Å². The third-order valence-corrected chi connectivity index (χ3v) is 2.50. The fraction of sp³-hybridized carbons (Fsp3) is 0.909. The van der Waals surface area contributed by atoms with E-state index in [1.165, 1.54) is 0 Å². The van der Waals surface area contributed by atoms with Crippen LogP contribution in [0.15, 0.2) is 0 Å². The molecular weight excluding hydrogens is 206 g/mol. The van der Waals surface area contributed by atoms with Crippen LogP contribution >= 0.6 is 0 Å². The summed E-state index contributed by atoms with van der Waals surface area (Å²) in [6.45, 7) is 9.14. The van der Waals surface area contributed by atoms with E-state index in [-0.39, 0.29) is 5.78 Å². The van der Waals surface area contributed by atoms with Crippen molar-refractivity contribution in [1.29, 1.82) is 0 Å². The minimum atomic E-state index is 0.232. The number of hydrogen-bond donors (Lipinski definition) is 2. The Bertz CT molecular complexity index is 188. The number of carbonyl (C=O) groups excluding carboxylic acids is 1. The number of nitrogens with one attached hydrogen (secondary N) is 2. The molecule has 0 spiro atoms. The third kappa shape index (κ3) is 6.90. The molecule has 0 aliphatic carbocycles. The Labute approximate surface area is 97.5 Å². The second-order valence-electron chi connectivity index (χ2n) is 4.09. The van der Waals surface area contributed by atoms with E-state index in [1.807, 2.05) is 0 Å². The van der Waals surface area contributed by atoms with Gasteiger partial charge in [-0.15, -0.1) is 0 Å². The monoisotopic (exact) mass is 229 g/mol. The van der Waals surface area contributed by atoms with Crippen LogP contribution in [-0.4, -0.2) is 69.7 Å². The van der Waals surface area contributed by atoms with Crippen molar-refractivity contribution in [1.82, 2.24) is 15.5 Å². The summed E-state index contributed by atoms with van der Waals surface area (Å²) in [6.07, 6.45) is 0. The molecule has 16 heavy (non-hydrogen) atoms. The highest BCUT2D eigenvalue weighted by molar-refractivity contribution is 5.77. The molecule has 1 heterocycles. The Morgan fingerprint density at radius 3 is 2.19 bits per heavy atom. The summed E-state index contributed by atoms with van der Waals surface area (Å²) in [7, 11) is 0. The number of ketones is 1. The van der Waals surface area contributed by atoms with Crippen molar-refractivity contribution in [2.45, 2.75) is 6.92 Å². The van der Waals surface area contributed by atoms with E-state index in [0.717, 1.165) is 52.5 Å². The summed E-state index contributed by atoms with van der Waals surface area (Å²) in [4.78, 5) is 13.3. The maximum absolute atomic E-state index is 11.1. The fourth-order valence-corrected chi connectivity index (χ4v) is 1.70. The van der Waals surface area contributed by atoms with Crippen LogP contribution in [-0.2, 0) is 9.53 Å². The van der Waals surface area contributed by atoms with Gasteiger partial charge < -0.3 is 15.4 Å². The second-order valence-corrected chi connectivity index (χ2v) is 4.09. The molecule has 0 aromatic heterocycles. The van der Waals surface area contributed by atoms with Crippen LogP contribution in [0.25, 0.3) is 0 Å². The third-order valence-electron chi connectivity index (χ3n) is 2.50. The largest absolute Gasteiger partial charge is 0.379 e. The second kappa shape index (κ2) is 8.64. The summed E-state index contributed by atoms with van der Waals surface area (Å²) < 4.78 is 5.41. The number of Topliss-reactive ketones (excluding diaryl/α,β-unsaturated/α-hetero) is 1. The molecule has 0 unspecified atom stereocenters. The molecule has 1 fully saturated rings. The number of carbonyl (C=O) groups is 1. The predicted molar refractivity (Wildman–Crippen MR) is 63.7 cm³/mol. The summed E-state index contributed by atoms with van der Waals surface area (Å²) in [5.74, 6) is 0.232. The van der Waals surface area contributed by atoms with Crippen LogP contribution in [0, 0.1) is 0 Å². The lowest BCUT2D eigenvalue weighted by molar-refractivity contribution is -0.118. The first kappa shape index (κ1) is 13.6. The highest BCUT2D eigenvalue weighted by Gasteiger charge is 2.07. The molecule has 1 aliphatic rings. The summed E-state index contributed by atoms with van der Waals surface area (Å²) in [6, 6.07) is 0. The van der Waals surface area contributed by atoms with Crippen LogP contribution in [0.2, 0.25) is 0 Å². The van der Waals surface area contributed by atoms with Crippen molar-refractivity contribution in [3.63, 3.8) is 0 Å². The van der Waals surface area contributed by atoms with E-state index >= 15 is 0 Å². The Kier molecular flexibility index (Phi) is 7.33. The van der Waals surface area contributed by atoms with E-state index in [1.54, 1.807) is 6.92 Å². The van der Waals surface area contributed by atoms with Gasteiger partial charge in [0.2, 0.25) is 0 Å². The molecule has 1 saturated heterocycles. The maximum Gasteiger partial charge on any atom is 0.143 e. The average Bonchev–Trinajstić information content (AvgIpc) is 2.21. The van der Waals surface area contributed by atoms with Gasteiger partial charge in [-0.25, -0.2) is 0 Å². The molecule has 0 radical (unpaired) electrons. The molecule has 0 atom stereocenters. The van der Waals surface area contributed by atoms with Gasteiger partial charge in [0, 0.05) is 39.3 Å². The van der Waals surface area contributed by atoms with Crippen molar-refractivity contribution in [3.05, 3.63) is 0 Å². The SMILES string of the molecule is CC(=O)CN1CCNCCOCCNCC1. The Morgan fingerprint density at radius 1 is 1.12 bits per heavy atom. The van der Waals surface area contributed by atoms with Crippen LogP contribution in [0.1, 0.15) is 6.92 Å². The zero-order valence-corrected chi connectivity index (χ0v) is 10.1. The fourth-order valence-electron chi connectivity index (χ4n) is 1.70. The zero-order valence-electron chi connectivity index (χ0n) is 10.1. The topological polar surface area (TPSA) is 53.6 Å². The van der Waals surface area contributed by atoms with E-state index in [9.17, 15) is 4.79 Å². The molecule has 2 N–H and O–H groups in total. The Hall–Kier alpha value is -0.490. The van der Waals surface area contributed by atoms with Gasteiger partial charge in [0.15, 0.2) is 0 Å². The Balaban J connectivity index is 2.27. The highest BCUT2D eigenvalue weighted by Crippen LogP contribution is 1.88. The van der Waals surface area contributed by atoms with Crippen molar-refractivity contribution in [2.75, 3.05) is 59.0 Å². The van der Waals surface area contributed by atoms with Crippen LogP contribution < -0.4 is 10.6 Å². The van der Waals surface area contributed by atoms with Crippen molar-refractivity contribution in [2.24, 2.45) is 0 Å². The summed E-state index contributed by atoms with van der Waals surface area (Å²) in [5, 5.41) is 6.62. The molecule has 1 aliphatic heterocycles. The minimum absolute atomic E-state index is 0.232. The van der Waals surface area contributed by atoms with Crippen molar-refractivity contribution >= 4 is 5.78 Å². The van der Waals surface area contributed by atoms with Crippen LogP contribution in [0.5, 0.6) is 0 Å². The molecule has 5 nitrogen and oxygen atoms in total. The van der Waals surface area contributed by atoms with E-state index in [0.29, 0.717) is 6.54 Å². The van der Waals surface area contributed by atoms with Gasteiger partial charge in [0.05, 0.1) is 19.8 Å². The highest BCUT2D eigenvalue weighted by atomic mass is 16.5. The van der Waals surface area contributed by atoms with Gasteiger partial charge in [-0.1, -0.05) is 0 Å². The molecule has 0 aromatic rings. The molecule has 94 valence electrons. The number of hydrogen-bond acceptors (Lipinski definition) is 5. The van der Waals surface area contributed by atoms with Crippen LogP contribution in [0.4, 0.5) is 0 Å². The summed E-state index contributed by atoms with van der Waals surface area (Å²) in [5.41, 5.74) is 0. The summed E-state index contributed by atoms with van der Waals surface area (Å²) >= 11 is 0. The first-order chi connectivity index (χ1) is 7.79. The van der Waals surface area contributed by atoms with Gasteiger partial charge >= 0.3 is 0 Å². The Morgan fingerprint density at radius 2 is 1.69 bits per heavy atom. The molecule has 0 aromatic carbocycles. The van der Waals surface area contributed by atoms with E-state index in [4.69, 9.17) is 4.74 Å². The zero-order chi connectivity index (χ0) is 11.6. The lowest BCUT2D eigenvalue weighted by Crippen LogP contribution is -2.41. The number of ether oxygens (including phenoxy) is 1. The lowest BCUT2D eigenvalue weighted by atomic mass is 10.3. The van der Waals surface area contributed by atoms with Crippen molar-refractivity contribution < 1.29 is 9.53 Å². The number of nitrogens with zero attached hydrogens (tertiary/aromatic N) is 1. The lowest BCUT2D eigenvalue weighted by Gasteiger charge is -2.22. The molecule has 0 amide bonds. The van der Waals surface area contributed by atoms with Gasteiger partial charge in [-0.05, 0) is 6.92 Å². The average molecular weight is 229 g/mol. The molecule has 0 bridgehead atoms. The van der Waals surface area contributed by atoms with Gasteiger partial charge in [-0.2, -0.15) is 0 Å². The van der Waals surface area contributed by atoms with E-state index in [2.05, 4.69) is 15.5 Å². The predicted octanol–water partition coefficient (Wildman–Crippen LogP) is -0.913. The quantitative estimate of drug-likeness (QED) is 0.642. The first-order valence-electron chi connectivity index (χ1n) is 6.00. The van der Waals surface area contributed by atoms with Crippen molar-refractivity contribution in [3.8, 4) is 0 Å². The van der Waals surface area contributed by atoms with Gasteiger partial charge in [0.25, 0.3) is 0 Å². The molecule has 1 rings (SSSR count). The van der Waals surface area contributed by atoms with Crippen LogP contribution in [0.3, 0.4) is 0 Å². The van der Waals surface area contributed by atoms with Gasteiger partial charge in [0.1, 0.15) is 5.78 Å². The smallest absolute Gasteiger partial charge is 0.143 e. The maximum atomic E-state index is 11.1. The standard InChI is InChI=1S/C11H23N3O2/c1-11(15)10-14-6-2-12-4-8-16-9-5-13-3-7-14/h12-13H,2-10H2,1H3. The molecular formula is C11H23N3O2. The molecule has 5 heteroatoms. The van der Waals surface area contributed by atoms with Gasteiger partial charge in [-0.3, -0.25) is 9.69 Å². The normalized spacial score (nSPS) is 22.1. The molecule has 0 saturated carbocycles. The first-order valence-corrected chi connectivity index (χ1v) is 6.00. The minimum Gasteiger partial charge on any atom is -0.379 e.